The van der Waals surface area contributed by atoms with Crippen LogP contribution in [0.2, 0.25) is 0 Å². The van der Waals surface area contributed by atoms with Crippen molar-refractivity contribution in [2.45, 2.75) is 27.7 Å². The van der Waals surface area contributed by atoms with E-state index >= 15 is 0 Å². The van der Waals surface area contributed by atoms with E-state index in [0.717, 1.165) is 10.6 Å². The largest absolute Gasteiger partial charge is 0.293 e. The first-order valence-electron chi connectivity index (χ1n) is 5.53. The predicted octanol–water partition coefficient (Wildman–Crippen LogP) is 3.94. The molecule has 0 unspecified atom stereocenters. The molecule has 0 atom stereocenters. The molecular weight excluding hydrogens is 230 g/mol. The lowest BCUT2D eigenvalue weighted by molar-refractivity contribution is 0.101. The molecule has 0 saturated carbocycles. The molecule has 0 bridgehead atoms. The van der Waals surface area contributed by atoms with Gasteiger partial charge in [-0.1, -0.05) is 6.07 Å². The normalized spacial score (nSPS) is 10.6. The minimum atomic E-state index is 0.0222. The van der Waals surface area contributed by atoms with E-state index in [1.807, 2.05) is 5.38 Å². The van der Waals surface area contributed by atoms with E-state index in [-0.39, 0.29) is 5.78 Å². The Balaban J connectivity index is 2.52. The predicted molar refractivity (Wildman–Crippen MR) is 71.8 cm³/mol. The molecule has 1 aromatic heterocycles. The van der Waals surface area contributed by atoms with Crippen LogP contribution in [0.5, 0.6) is 0 Å². The van der Waals surface area contributed by atoms with Crippen LogP contribution in [-0.2, 0) is 0 Å². The standard InChI is InChI=1S/C14H15NOS/c1-8-5-10(3)12(6-9(8)2)14-15-13(7-17-14)11(4)16/h5-7H,1-4H3. The molecule has 0 amide bonds. The van der Waals surface area contributed by atoms with E-state index in [4.69, 9.17) is 0 Å². The highest BCUT2D eigenvalue weighted by molar-refractivity contribution is 7.13. The third-order valence-electron chi connectivity index (χ3n) is 2.94. The lowest BCUT2D eigenvalue weighted by Gasteiger charge is -2.07. The zero-order chi connectivity index (χ0) is 12.6. The average molecular weight is 245 g/mol. The molecule has 88 valence electrons. The fourth-order valence-corrected chi connectivity index (χ4v) is 2.69. The molecule has 1 heterocycles. The second-order valence-corrected chi connectivity index (χ2v) is 5.20. The molecule has 1 aromatic carbocycles. The molecule has 2 aromatic rings. The van der Waals surface area contributed by atoms with Gasteiger partial charge in [-0.05, 0) is 43.5 Å². The highest BCUT2D eigenvalue weighted by Crippen LogP contribution is 2.29. The van der Waals surface area contributed by atoms with Crippen LogP contribution in [-0.4, -0.2) is 10.8 Å². The van der Waals surface area contributed by atoms with Gasteiger partial charge in [-0.15, -0.1) is 11.3 Å². The second kappa shape index (κ2) is 4.41. The van der Waals surface area contributed by atoms with Crippen LogP contribution in [0.15, 0.2) is 17.5 Å². The molecule has 0 spiro atoms. The van der Waals surface area contributed by atoms with Crippen molar-refractivity contribution in [1.82, 2.24) is 4.98 Å². The molecule has 0 fully saturated rings. The number of aryl methyl sites for hydroxylation is 3. The maximum absolute atomic E-state index is 11.2. The van der Waals surface area contributed by atoms with E-state index in [1.54, 1.807) is 6.92 Å². The SMILES string of the molecule is CC(=O)c1csc(-c2cc(C)c(C)cc2C)n1. The van der Waals surface area contributed by atoms with Crippen LogP contribution in [0.4, 0.5) is 0 Å². The Morgan fingerprint density at radius 2 is 1.76 bits per heavy atom. The van der Waals surface area contributed by atoms with Crippen molar-refractivity contribution < 1.29 is 4.79 Å². The van der Waals surface area contributed by atoms with Crippen molar-refractivity contribution in [2.75, 3.05) is 0 Å². The molecule has 0 N–H and O–H groups in total. The number of hydrogen-bond acceptors (Lipinski definition) is 3. The Morgan fingerprint density at radius 1 is 1.12 bits per heavy atom. The number of rotatable bonds is 2. The highest BCUT2D eigenvalue weighted by atomic mass is 32.1. The monoisotopic (exact) mass is 245 g/mol. The van der Waals surface area contributed by atoms with Gasteiger partial charge in [-0.2, -0.15) is 0 Å². The average Bonchev–Trinajstić information content (AvgIpc) is 2.72. The lowest BCUT2D eigenvalue weighted by Crippen LogP contribution is -1.93. The Kier molecular flexibility index (Phi) is 3.11. The van der Waals surface area contributed by atoms with Gasteiger partial charge in [0.2, 0.25) is 0 Å². The fraction of sp³-hybridized carbons (Fsp3) is 0.286. The second-order valence-electron chi connectivity index (χ2n) is 4.35. The van der Waals surface area contributed by atoms with Crippen molar-refractivity contribution >= 4 is 17.1 Å². The first kappa shape index (κ1) is 12.0. The third-order valence-corrected chi connectivity index (χ3v) is 3.81. The van der Waals surface area contributed by atoms with Gasteiger partial charge < -0.3 is 0 Å². The molecule has 0 aliphatic rings. The fourth-order valence-electron chi connectivity index (χ4n) is 1.75. The Morgan fingerprint density at radius 3 is 2.35 bits per heavy atom. The summed E-state index contributed by atoms with van der Waals surface area (Å²) in [5, 5.41) is 2.75. The number of thiazole rings is 1. The zero-order valence-corrected chi connectivity index (χ0v) is 11.3. The van der Waals surface area contributed by atoms with Crippen LogP contribution in [0.3, 0.4) is 0 Å². The van der Waals surface area contributed by atoms with Crippen molar-refractivity contribution in [1.29, 1.82) is 0 Å². The smallest absolute Gasteiger partial charge is 0.178 e. The Bertz CT molecular complexity index is 584. The third kappa shape index (κ3) is 2.29. The van der Waals surface area contributed by atoms with E-state index < -0.39 is 0 Å². The van der Waals surface area contributed by atoms with Crippen LogP contribution in [0.25, 0.3) is 10.6 Å². The number of Topliss-reactive ketones (excluding diaryl/α,β-unsaturated/α-hetero) is 1. The minimum absolute atomic E-state index is 0.0222. The van der Waals surface area contributed by atoms with E-state index in [2.05, 4.69) is 37.9 Å². The lowest BCUT2D eigenvalue weighted by atomic mass is 10.0. The van der Waals surface area contributed by atoms with Crippen LogP contribution in [0.1, 0.15) is 34.1 Å². The maximum atomic E-state index is 11.2. The van der Waals surface area contributed by atoms with Crippen LogP contribution in [0, 0.1) is 20.8 Å². The van der Waals surface area contributed by atoms with Crippen molar-refractivity contribution in [3.63, 3.8) is 0 Å². The molecule has 0 saturated heterocycles. The van der Waals surface area contributed by atoms with Crippen molar-refractivity contribution in [3.8, 4) is 10.6 Å². The number of ketones is 1. The molecule has 0 radical (unpaired) electrons. The number of hydrogen-bond donors (Lipinski definition) is 0. The zero-order valence-electron chi connectivity index (χ0n) is 10.5. The summed E-state index contributed by atoms with van der Waals surface area (Å²) >= 11 is 1.53. The molecule has 3 heteroatoms. The Labute approximate surface area is 105 Å². The van der Waals surface area contributed by atoms with E-state index in [0.29, 0.717) is 5.69 Å². The van der Waals surface area contributed by atoms with Crippen LogP contribution < -0.4 is 0 Å². The first-order chi connectivity index (χ1) is 7.99. The van der Waals surface area contributed by atoms with E-state index in [1.165, 1.54) is 28.0 Å². The summed E-state index contributed by atoms with van der Waals surface area (Å²) in [4.78, 5) is 15.6. The van der Waals surface area contributed by atoms with Gasteiger partial charge >= 0.3 is 0 Å². The summed E-state index contributed by atoms with van der Waals surface area (Å²) < 4.78 is 0. The first-order valence-corrected chi connectivity index (χ1v) is 6.41. The van der Waals surface area contributed by atoms with Gasteiger partial charge in [0.1, 0.15) is 10.7 Å². The molecule has 2 rings (SSSR count). The number of benzene rings is 1. The Hall–Kier alpha value is -1.48. The number of carbonyl (C=O) groups is 1. The van der Waals surface area contributed by atoms with Gasteiger partial charge in [-0.3, -0.25) is 4.79 Å². The van der Waals surface area contributed by atoms with Crippen molar-refractivity contribution in [2.24, 2.45) is 0 Å². The molecule has 0 aliphatic heterocycles. The number of carbonyl (C=O) groups excluding carboxylic acids is 1. The van der Waals surface area contributed by atoms with Gasteiger partial charge in [0, 0.05) is 17.9 Å². The molecular formula is C14H15NOS. The molecule has 0 aliphatic carbocycles. The summed E-state index contributed by atoms with van der Waals surface area (Å²) in [6.07, 6.45) is 0. The summed E-state index contributed by atoms with van der Waals surface area (Å²) in [5.41, 5.74) is 5.44. The van der Waals surface area contributed by atoms with Crippen LogP contribution >= 0.6 is 11.3 Å². The topological polar surface area (TPSA) is 30.0 Å². The quantitative estimate of drug-likeness (QED) is 0.750. The van der Waals surface area contributed by atoms with Gasteiger partial charge in [0.25, 0.3) is 0 Å². The molecule has 17 heavy (non-hydrogen) atoms. The summed E-state index contributed by atoms with van der Waals surface area (Å²) in [5.74, 6) is 0.0222. The number of aromatic nitrogens is 1. The summed E-state index contributed by atoms with van der Waals surface area (Å²) in [6, 6.07) is 4.31. The molecule has 2 nitrogen and oxygen atoms in total. The van der Waals surface area contributed by atoms with Gasteiger partial charge in [0.05, 0.1) is 0 Å². The van der Waals surface area contributed by atoms with Crippen molar-refractivity contribution in [3.05, 3.63) is 39.9 Å². The maximum Gasteiger partial charge on any atom is 0.178 e. The summed E-state index contributed by atoms with van der Waals surface area (Å²) in [6.45, 7) is 7.83. The summed E-state index contributed by atoms with van der Waals surface area (Å²) in [7, 11) is 0. The van der Waals surface area contributed by atoms with Gasteiger partial charge in [0.15, 0.2) is 5.78 Å². The number of nitrogens with zero attached hydrogens (tertiary/aromatic N) is 1. The van der Waals surface area contributed by atoms with Gasteiger partial charge in [-0.25, -0.2) is 4.98 Å². The minimum Gasteiger partial charge on any atom is -0.293 e. The highest BCUT2D eigenvalue weighted by Gasteiger charge is 2.10. The van der Waals surface area contributed by atoms with E-state index in [9.17, 15) is 4.79 Å².